The first-order valence-electron chi connectivity index (χ1n) is 8.54. The van der Waals surface area contributed by atoms with Gasteiger partial charge in [0.1, 0.15) is 5.57 Å². The number of barbiturate groups is 1. The van der Waals surface area contributed by atoms with E-state index in [-0.39, 0.29) is 21.3 Å². The predicted molar refractivity (Wildman–Crippen MR) is 111 cm³/mol. The number of amides is 4. The van der Waals surface area contributed by atoms with Crippen molar-refractivity contribution in [3.05, 3.63) is 88.2 Å². The molecule has 1 aromatic heterocycles. The van der Waals surface area contributed by atoms with Gasteiger partial charge in [0.2, 0.25) is 0 Å². The Morgan fingerprint density at radius 3 is 2.41 bits per heavy atom. The van der Waals surface area contributed by atoms with E-state index in [4.69, 9.17) is 23.2 Å². The van der Waals surface area contributed by atoms with Crippen molar-refractivity contribution < 1.29 is 14.4 Å². The highest BCUT2D eigenvalue weighted by molar-refractivity contribution is 6.46. The van der Waals surface area contributed by atoms with Crippen LogP contribution in [0.3, 0.4) is 0 Å². The van der Waals surface area contributed by atoms with E-state index in [0.29, 0.717) is 5.56 Å². The second-order valence-corrected chi connectivity index (χ2v) is 7.00. The first-order valence-corrected chi connectivity index (χ1v) is 9.30. The maximum atomic E-state index is 13.0. The molecule has 0 unspecified atom stereocenters. The highest BCUT2D eigenvalue weighted by Crippen LogP contribution is 2.34. The van der Waals surface area contributed by atoms with Crippen LogP contribution in [-0.2, 0) is 9.59 Å². The molecule has 3 aromatic rings. The summed E-state index contributed by atoms with van der Waals surface area (Å²) >= 11 is 12.2. The molecular weight excluding hydrogens is 413 g/mol. The van der Waals surface area contributed by atoms with Crippen molar-refractivity contribution in [3.63, 3.8) is 0 Å². The van der Waals surface area contributed by atoms with Gasteiger partial charge in [-0.2, -0.15) is 0 Å². The van der Waals surface area contributed by atoms with Crippen molar-refractivity contribution in [2.75, 3.05) is 4.90 Å². The molecule has 1 aliphatic rings. The molecule has 0 saturated carbocycles. The third-order valence-corrected chi connectivity index (χ3v) is 5.16. The van der Waals surface area contributed by atoms with E-state index in [1.54, 1.807) is 18.3 Å². The molecule has 1 saturated heterocycles. The molecule has 8 heteroatoms. The Balaban J connectivity index is 1.71. The van der Waals surface area contributed by atoms with Crippen LogP contribution in [0.4, 0.5) is 10.5 Å². The van der Waals surface area contributed by atoms with Gasteiger partial charge in [-0.1, -0.05) is 47.5 Å². The molecule has 1 aliphatic heterocycles. The van der Waals surface area contributed by atoms with Crippen LogP contribution in [0.15, 0.2) is 72.6 Å². The number of para-hydroxylation sites is 1. The average molecular weight is 426 g/mol. The summed E-state index contributed by atoms with van der Waals surface area (Å²) in [5.41, 5.74) is 1.46. The first kappa shape index (κ1) is 19.0. The molecule has 4 amide bonds. The highest BCUT2D eigenvalue weighted by atomic mass is 35.5. The van der Waals surface area contributed by atoms with E-state index in [1.165, 1.54) is 18.2 Å². The largest absolute Gasteiger partial charge is 0.336 e. The van der Waals surface area contributed by atoms with Crippen molar-refractivity contribution in [1.82, 2.24) is 9.88 Å². The lowest BCUT2D eigenvalue weighted by molar-refractivity contribution is -0.122. The molecule has 1 N–H and O–H groups in total. The Hall–Kier alpha value is -3.35. The fourth-order valence-corrected chi connectivity index (χ4v) is 3.35. The summed E-state index contributed by atoms with van der Waals surface area (Å²) in [4.78, 5) is 38.4. The van der Waals surface area contributed by atoms with Gasteiger partial charge < -0.3 is 4.57 Å². The van der Waals surface area contributed by atoms with Crippen LogP contribution in [0.5, 0.6) is 0 Å². The summed E-state index contributed by atoms with van der Waals surface area (Å²) in [6, 6.07) is 15.0. The van der Waals surface area contributed by atoms with Gasteiger partial charge in [-0.3, -0.25) is 14.9 Å². The lowest BCUT2D eigenvalue weighted by Crippen LogP contribution is -2.54. The van der Waals surface area contributed by atoms with Gasteiger partial charge >= 0.3 is 6.03 Å². The molecule has 0 aliphatic carbocycles. The molecule has 2 aromatic carbocycles. The topological polar surface area (TPSA) is 71.4 Å². The van der Waals surface area contributed by atoms with E-state index in [0.717, 1.165) is 10.6 Å². The lowest BCUT2D eigenvalue weighted by atomic mass is 10.1. The molecule has 0 radical (unpaired) electrons. The zero-order valence-corrected chi connectivity index (χ0v) is 16.3. The summed E-state index contributed by atoms with van der Waals surface area (Å²) in [7, 11) is 0. The number of nitrogens with one attached hydrogen (secondary N) is 1. The summed E-state index contributed by atoms with van der Waals surface area (Å²) in [6.07, 6.45) is 5.01. The van der Waals surface area contributed by atoms with Crippen LogP contribution in [0.2, 0.25) is 10.0 Å². The number of halogens is 2. The Kier molecular flexibility index (Phi) is 4.96. The second-order valence-electron chi connectivity index (χ2n) is 6.22. The van der Waals surface area contributed by atoms with Crippen LogP contribution in [-0.4, -0.2) is 22.4 Å². The predicted octanol–water partition coefficient (Wildman–Crippen LogP) is 4.45. The van der Waals surface area contributed by atoms with Gasteiger partial charge in [0, 0.05) is 18.1 Å². The average Bonchev–Trinajstić information content (AvgIpc) is 3.18. The molecule has 0 spiro atoms. The summed E-state index contributed by atoms with van der Waals surface area (Å²) in [5.74, 6) is -1.56. The van der Waals surface area contributed by atoms with Crippen LogP contribution in [0.25, 0.3) is 11.8 Å². The number of nitrogens with zero attached hydrogens (tertiary/aromatic N) is 2. The minimum absolute atomic E-state index is 0.0431. The monoisotopic (exact) mass is 425 g/mol. The minimum Gasteiger partial charge on any atom is -0.323 e. The highest BCUT2D eigenvalue weighted by Gasteiger charge is 2.38. The number of carbonyl (C=O) groups is 3. The number of hydrogen-bond acceptors (Lipinski definition) is 3. The van der Waals surface area contributed by atoms with Gasteiger partial charge in [-0.25, -0.2) is 9.69 Å². The number of imide groups is 2. The number of aromatic nitrogens is 1. The third kappa shape index (κ3) is 3.55. The molecular formula is C21H13Cl2N3O3. The Morgan fingerprint density at radius 2 is 1.66 bits per heavy atom. The molecule has 29 heavy (non-hydrogen) atoms. The zero-order chi connectivity index (χ0) is 20.5. The van der Waals surface area contributed by atoms with Crippen LogP contribution >= 0.6 is 23.2 Å². The number of benzene rings is 2. The van der Waals surface area contributed by atoms with E-state index < -0.39 is 17.8 Å². The molecule has 1 fully saturated rings. The van der Waals surface area contributed by atoms with Gasteiger partial charge in [-0.15, -0.1) is 0 Å². The fraction of sp³-hybridized carbons (Fsp3) is 0. The van der Waals surface area contributed by atoms with E-state index in [2.05, 4.69) is 5.32 Å². The maximum absolute atomic E-state index is 13.0. The minimum atomic E-state index is -0.886. The number of urea groups is 1. The Bertz CT molecular complexity index is 1170. The van der Waals surface area contributed by atoms with E-state index in [9.17, 15) is 14.4 Å². The number of rotatable bonds is 3. The summed E-state index contributed by atoms with van der Waals surface area (Å²) < 4.78 is 1.86. The molecule has 4 rings (SSSR count). The van der Waals surface area contributed by atoms with Crippen molar-refractivity contribution in [2.24, 2.45) is 0 Å². The molecule has 144 valence electrons. The van der Waals surface area contributed by atoms with Crippen LogP contribution in [0, 0.1) is 0 Å². The Morgan fingerprint density at radius 1 is 0.897 bits per heavy atom. The van der Waals surface area contributed by atoms with Crippen molar-refractivity contribution in [2.45, 2.75) is 0 Å². The quantitative estimate of drug-likeness (QED) is 0.497. The van der Waals surface area contributed by atoms with Gasteiger partial charge in [0.05, 0.1) is 15.7 Å². The SMILES string of the molecule is O=C1NC(=O)N(c2cccc(Cl)c2Cl)C(=O)/C1=C\c1ccn(-c2ccccc2)c1. The first-order chi connectivity index (χ1) is 14.0. The van der Waals surface area contributed by atoms with Gasteiger partial charge in [0.25, 0.3) is 11.8 Å². The lowest BCUT2D eigenvalue weighted by Gasteiger charge is -2.27. The zero-order valence-electron chi connectivity index (χ0n) is 14.8. The molecule has 2 heterocycles. The van der Waals surface area contributed by atoms with E-state index in [1.807, 2.05) is 41.1 Å². The third-order valence-electron chi connectivity index (χ3n) is 4.35. The fourth-order valence-electron chi connectivity index (χ4n) is 2.97. The van der Waals surface area contributed by atoms with Crippen molar-refractivity contribution in [3.8, 4) is 5.69 Å². The van der Waals surface area contributed by atoms with Gasteiger partial charge in [0.15, 0.2) is 0 Å². The maximum Gasteiger partial charge on any atom is 0.336 e. The van der Waals surface area contributed by atoms with E-state index >= 15 is 0 Å². The number of anilines is 1. The summed E-state index contributed by atoms with van der Waals surface area (Å²) in [6.45, 7) is 0. The molecule has 0 bridgehead atoms. The number of hydrogen-bond donors (Lipinski definition) is 1. The summed E-state index contributed by atoms with van der Waals surface area (Å²) in [5, 5.41) is 2.39. The van der Waals surface area contributed by atoms with Crippen molar-refractivity contribution in [1.29, 1.82) is 0 Å². The van der Waals surface area contributed by atoms with Crippen LogP contribution in [0.1, 0.15) is 5.56 Å². The van der Waals surface area contributed by atoms with Gasteiger partial charge in [-0.05, 0) is 42.0 Å². The van der Waals surface area contributed by atoms with Crippen LogP contribution < -0.4 is 10.2 Å². The molecule has 0 atom stereocenters. The Labute approximate surface area is 175 Å². The van der Waals surface area contributed by atoms with Crippen molar-refractivity contribution >= 4 is 52.8 Å². The smallest absolute Gasteiger partial charge is 0.323 e. The standard InChI is InChI=1S/C21H13Cl2N3O3/c22-16-7-4-8-17(18(16)23)26-20(28)15(19(27)24-21(26)29)11-13-9-10-25(12-13)14-5-2-1-3-6-14/h1-12H,(H,24,27,29)/b15-11-. The number of carbonyl (C=O) groups excluding carboxylic acids is 3. The normalized spacial score (nSPS) is 15.7. The molecule has 6 nitrogen and oxygen atoms in total. The second kappa shape index (κ2) is 7.58.